The van der Waals surface area contributed by atoms with Gasteiger partial charge in [0.15, 0.2) is 5.25 Å². The normalized spacial score (nSPS) is 15.2. The Morgan fingerprint density at radius 1 is 1.10 bits per heavy atom. The summed E-state index contributed by atoms with van der Waals surface area (Å²) in [5.41, 5.74) is 0. The van der Waals surface area contributed by atoms with Crippen LogP contribution in [0.5, 0.6) is 0 Å². The fourth-order valence-corrected chi connectivity index (χ4v) is 2.37. The molecular weight excluding hydrogens is 359 g/mol. The fourth-order valence-electron chi connectivity index (χ4n) is 0.862. The third-order valence-electron chi connectivity index (χ3n) is 1.81. The predicted molar refractivity (Wildman–Crippen MR) is 75.3 cm³/mol. The molecule has 0 aromatic carbocycles. The molecule has 0 aliphatic rings. The van der Waals surface area contributed by atoms with Crippen LogP contribution in [0.25, 0.3) is 0 Å². The summed E-state index contributed by atoms with van der Waals surface area (Å²) in [4.78, 5) is 22.7. The van der Waals surface area contributed by atoms with Crippen LogP contribution < -0.4 is 0 Å². The summed E-state index contributed by atoms with van der Waals surface area (Å²) < 4.78 is 61.3. The fraction of sp³-hybridized carbons (Fsp3) is 0.750. The summed E-state index contributed by atoms with van der Waals surface area (Å²) in [5, 5.41) is -2.28. The van der Waals surface area contributed by atoms with E-state index in [4.69, 9.17) is 4.55 Å². The minimum absolute atomic E-state index is 0. The first kappa shape index (κ1) is 23.4. The van der Waals surface area contributed by atoms with Gasteiger partial charge in [-0.3, -0.25) is 9.35 Å². The van der Waals surface area contributed by atoms with Gasteiger partial charge in [0.05, 0.1) is 17.9 Å². The molecule has 21 heavy (non-hydrogen) atoms. The Labute approximate surface area is 149 Å². The van der Waals surface area contributed by atoms with Crippen LogP contribution in [0, 0.1) is 0 Å². The molecule has 0 aliphatic carbocycles. The summed E-state index contributed by atoms with van der Waals surface area (Å²) >= 11 is -4.04. The maximum Gasteiger partial charge on any atom is 0.341 e. The molecule has 0 heterocycles. The van der Waals surface area contributed by atoms with E-state index in [9.17, 15) is 26.4 Å². The Bertz CT molecular complexity index is 515. The molecule has 13 heteroatoms. The Morgan fingerprint density at radius 3 is 1.90 bits per heavy atom. The average molecular weight is 373 g/mol. The minimum Gasteiger partial charge on any atom is -0.364 e. The molecule has 0 amide bonds. The van der Waals surface area contributed by atoms with E-state index in [0.717, 1.165) is 0 Å². The molecule has 119 valence electrons. The van der Waals surface area contributed by atoms with Crippen molar-refractivity contribution < 1.29 is 39.3 Å². The Hall–Kier alpha value is 0.150. The SMILES string of the molecule is CCS(=O)OC(=O)CC(C(=O)OS(=O)CC)S(=O)(=O)O.[Na]. The van der Waals surface area contributed by atoms with Gasteiger partial charge in [-0.15, -0.1) is 0 Å². The van der Waals surface area contributed by atoms with Crippen molar-refractivity contribution in [2.45, 2.75) is 25.5 Å². The zero-order valence-corrected chi connectivity index (χ0v) is 16.1. The molecule has 1 N–H and O–H groups in total. The summed E-state index contributed by atoms with van der Waals surface area (Å²) in [6, 6.07) is 0. The molecule has 9 nitrogen and oxygen atoms in total. The van der Waals surface area contributed by atoms with Crippen molar-refractivity contribution in [3.63, 3.8) is 0 Å². The van der Waals surface area contributed by atoms with E-state index >= 15 is 0 Å². The summed E-state index contributed by atoms with van der Waals surface area (Å²) in [6.07, 6.45) is -1.09. The van der Waals surface area contributed by atoms with Crippen LogP contribution in [0.2, 0.25) is 0 Å². The molecule has 0 spiro atoms. The molecule has 3 unspecified atom stereocenters. The summed E-state index contributed by atoms with van der Waals surface area (Å²) in [7, 11) is -4.96. The first-order valence-corrected chi connectivity index (χ1v) is 9.27. The number of carbonyl (C=O) groups is 2. The molecule has 0 rings (SSSR count). The Kier molecular flexibility index (Phi) is 12.0. The van der Waals surface area contributed by atoms with Crippen molar-refractivity contribution in [2.75, 3.05) is 11.5 Å². The first-order valence-electron chi connectivity index (χ1n) is 5.28. The van der Waals surface area contributed by atoms with E-state index < -0.39 is 55.9 Å². The van der Waals surface area contributed by atoms with E-state index in [1.807, 2.05) is 0 Å². The summed E-state index contributed by atoms with van der Waals surface area (Å²) in [5.74, 6) is -2.93. The standard InChI is InChI=1S/C8H14O9S3.Na/c1-3-18(11)16-7(9)5-6(20(13,14)15)8(10)17-19(12)4-2;/h6H,3-5H2,1-2H3,(H,13,14,15);. The van der Waals surface area contributed by atoms with Gasteiger partial charge >= 0.3 is 11.9 Å². The van der Waals surface area contributed by atoms with Gasteiger partial charge in [0.25, 0.3) is 10.1 Å². The van der Waals surface area contributed by atoms with Crippen molar-refractivity contribution in [1.82, 2.24) is 0 Å². The third-order valence-corrected chi connectivity index (χ3v) is 4.55. The van der Waals surface area contributed by atoms with Crippen LogP contribution in [0.15, 0.2) is 0 Å². The molecule has 1 radical (unpaired) electrons. The predicted octanol–water partition coefficient (Wildman–Crippen LogP) is -1.29. The number of hydrogen-bond acceptors (Lipinski definition) is 8. The van der Waals surface area contributed by atoms with Crippen LogP contribution >= 0.6 is 0 Å². The smallest absolute Gasteiger partial charge is 0.341 e. The van der Waals surface area contributed by atoms with Crippen LogP contribution in [-0.4, -0.2) is 79.6 Å². The Balaban J connectivity index is 0. The van der Waals surface area contributed by atoms with Gasteiger partial charge in [-0.05, 0) is 0 Å². The largest absolute Gasteiger partial charge is 0.364 e. The second kappa shape index (κ2) is 10.8. The van der Waals surface area contributed by atoms with Gasteiger partial charge in [0, 0.05) is 29.6 Å². The van der Waals surface area contributed by atoms with Gasteiger partial charge in [0.2, 0.25) is 22.2 Å². The third kappa shape index (κ3) is 9.71. The van der Waals surface area contributed by atoms with E-state index in [1.165, 1.54) is 13.8 Å². The zero-order chi connectivity index (χ0) is 15.9. The van der Waals surface area contributed by atoms with Gasteiger partial charge in [0.1, 0.15) is 0 Å². The molecule has 0 bridgehead atoms. The molecule has 0 aliphatic heterocycles. The molecular formula is C8H14NaO9S3. The van der Waals surface area contributed by atoms with E-state index in [0.29, 0.717) is 0 Å². The minimum atomic E-state index is -4.96. The number of carbonyl (C=O) groups excluding carboxylic acids is 2. The first-order chi connectivity index (χ1) is 9.11. The molecule has 0 fully saturated rings. The van der Waals surface area contributed by atoms with Gasteiger partial charge < -0.3 is 8.37 Å². The van der Waals surface area contributed by atoms with Crippen LogP contribution in [0.1, 0.15) is 20.3 Å². The number of rotatable bonds is 8. The second-order valence-corrected chi connectivity index (χ2v) is 7.55. The molecule has 0 aromatic rings. The topological polar surface area (TPSA) is 141 Å². The monoisotopic (exact) mass is 373 g/mol. The average Bonchev–Trinajstić information content (AvgIpc) is 2.33. The number of hydrogen-bond donors (Lipinski definition) is 1. The summed E-state index contributed by atoms with van der Waals surface area (Å²) in [6.45, 7) is 2.85. The maximum atomic E-state index is 11.4. The van der Waals surface area contributed by atoms with Crippen LogP contribution in [0.4, 0.5) is 0 Å². The molecule has 0 aromatic heterocycles. The maximum absolute atomic E-state index is 11.4. The van der Waals surface area contributed by atoms with E-state index in [1.54, 1.807) is 0 Å². The van der Waals surface area contributed by atoms with Crippen molar-refractivity contribution >= 4 is 73.8 Å². The second-order valence-electron chi connectivity index (χ2n) is 3.25. The van der Waals surface area contributed by atoms with Crippen LogP contribution in [-0.2, 0) is 50.2 Å². The van der Waals surface area contributed by atoms with Gasteiger partial charge in [-0.2, -0.15) is 8.42 Å². The van der Waals surface area contributed by atoms with Gasteiger partial charge in [-0.1, -0.05) is 13.8 Å². The van der Waals surface area contributed by atoms with E-state index in [-0.39, 0.29) is 41.1 Å². The van der Waals surface area contributed by atoms with Crippen molar-refractivity contribution in [3.8, 4) is 0 Å². The Morgan fingerprint density at radius 2 is 1.52 bits per heavy atom. The molecule has 0 saturated carbocycles. The van der Waals surface area contributed by atoms with E-state index in [2.05, 4.69) is 8.37 Å². The molecule has 3 atom stereocenters. The quantitative estimate of drug-likeness (QED) is 0.406. The van der Waals surface area contributed by atoms with Crippen molar-refractivity contribution in [3.05, 3.63) is 0 Å². The van der Waals surface area contributed by atoms with Crippen molar-refractivity contribution in [1.29, 1.82) is 0 Å². The van der Waals surface area contributed by atoms with Gasteiger partial charge in [-0.25, -0.2) is 13.2 Å². The molecule has 0 saturated heterocycles. The van der Waals surface area contributed by atoms with Crippen molar-refractivity contribution in [2.24, 2.45) is 0 Å². The van der Waals surface area contributed by atoms with Crippen LogP contribution in [0.3, 0.4) is 0 Å². The zero-order valence-electron chi connectivity index (χ0n) is 11.6.